The fourth-order valence-corrected chi connectivity index (χ4v) is 8.14. The number of epoxide rings is 1. The largest absolute Gasteiger partial charge is 0.481 e. The summed E-state index contributed by atoms with van der Waals surface area (Å²) in [6.45, 7) is 10.4. The number of esters is 1. The van der Waals surface area contributed by atoms with Gasteiger partial charge in [0.1, 0.15) is 17.3 Å². The van der Waals surface area contributed by atoms with E-state index in [1.807, 2.05) is 20.8 Å². The molecule has 0 aromatic heterocycles. The molecule has 1 aliphatic heterocycles. The molecule has 1 N–H and O–H groups in total. The Kier molecular flexibility index (Phi) is 3.96. The minimum absolute atomic E-state index is 0.0457. The van der Waals surface area contributed by atoms with Gasteiger partial charge in [-0.25, -0.2) is 0 Å². The fraction of sp³-hybridized carbons (Fsp3) is 0.833. The number of rotatable bonds is 4. The zero-order chi connectivity index (χ0) is 20.8. The van der Waals surface area contributed by atoms with Crippen molar-refractivity contribution in [3.8, 4) is 0 Å². The van der Waals surface area contributed by atoms with Gasteiger partial charge in [0.25, 0.3) is 0 Å². The topological polar surface area (TPSA) is 76.1 Å². The maximum absolute atomic E-state index is 12.6. The van der Waals surface area contributed by atoms with Crippen LogP contribution in [0.15, 0.2) is 12.2 Å². The summed E-state index contributed by atoms with van der Waals surface area (Å²) in [5.41, 5.74) is -0.555. The van der Waals surface area contributed by atoms with Crippen molar-refractivity contribution in [2.24, 2.45) is 28.6 Å². The monoisotopic (exact) mass is 402 g/mol. The van der Waals surface area contributed by atoms with Gasteiger partial charge in [0.2, 0.25) is 0 Å². The molecule has 5 fully saturated rings. The highest BCUT2D eigenvalue weighted by Gasteiger charge is 2.88. The van der Waals surface area contributed by atoms with Crippen LogP contribution in [0.3, 0.4) is 0 Å². The van der Waals surface area contributed by atoms with Gasteiger partial charge in [-0.1, -0.05) is 20.4 Å². The average Bonchev–Trinajstić information content (AvgIpc) is 3.24. The van der Waals surface area contributed by atoms with Crippen molar-refractivity contribution in [1.82, 2.24) is 0 Å². The van der Waals surface area contributed by atoms with E-state index in [0.717, 1.165) is 56.9 Å². The molecular formula is C24H34O5. The minimum Gasteiger partial charge on any atom is -0.481 e. The summed E-state index contributed by atoms with van der Waals surface area (Å²) in [4.78, 5) is 24.9. The predicted octanol–water partition coefficient (Wildman–Crippen LogP) is 4.49. The molecule has 29 heavy (non-hydrogen) atoms. The third-order valence-electron chi connectivity index (χ3n) is 9.39. The van der Waals surface area contributed by atoms with Crippen LogP contribution in [0.1, 0.15) is 78.6 Å². The molecule has 0 aromatic carbocycles. The number of aliphatic carboxylic acids is 1. The first-order valence-electron chi connectivity index (χ1n) is 11.4. The number of ether oxygens (including phenoxy) is 2. The van der Waals surface area contributed by atoms with E-state index in [0.29, 0.717) is 12.3 Å². The van der Waals surface area contributed by atoms with E-state index in [1.165, 1.54) is 0 Å². The van der Waals surface area contributed by atoms with Crippen molar-refractivity contribution in [3.63, 3.8) is 0 Å². The lowest BCUT2D eigenvalue weighted by Gasteiger charge is -2.53. The van der Waals surface area contributed by atoms with E-state index in [2.05, 4.69) is 6.58 Å². The molecule has 5 rings (SSSR count). The summed E-state index contributed by atoms with van der Waals surface area (Å²) in [6.07, 6.45) is 7.33. The highest BCUT2D eigenvalue weighted by molar-refractivity contribution is 5.75. The summed E-state index contributed by atoms with van der Waals surface area (Å²) < 4.78 is 12.9. The van der Waals surface area contributed by atoms with Crippen LogP contribution in [0.25, 0.3) is 0 Å². The molecule has 4 aliphatic carbocycles. The molecule has 4 saturated carbocycles. The second kappa shape index (κ2) is 5.87. The number of carbonyl (C=O) groups excluding carboxylic acids is 1. The summed E-state index contributed by atoms with van der Waals surface area (Å²) in [5.74, 6) is -0.127. The van der Waals surface area contributed by atoms with Crippen LogP contribution in [-0.4, -0.2) is 34.4 Å². The van der Waals surface area contributed by atoms with Crippen LogP contribution >= 0.6 is 0 Å². The first-order chi connectivity index (χ1) is 13.6. The van der Waals surface area contributed by atoms with Crippen molar-refractivity contribution >= 4 is 11.9 Å². The van der Waals surface area contributed by atoms with E-state index in [-0.39, 0.29) is 40.5 Å². The Balaban J connectivity index is 1.52. The summed E-state index contributed by atoms with van der Waals surface area (Å²) in [7, 11) is 0. The highest BCUT2D eigenvalue weighted by Crippen LogP contribution is 2.81. The van der Waals surface area contributed by atoms with Gasteiger partial charge >= 0.3 is 11.9 Å². The lowest BCUT2D eigenvalue weighted by molar-refractivity contribution is -0.163. The van der Waals surface area contributed by atoms with Crippen LogP contribution in [0, 0.1) is 28.6 Å². The Hall–Kier alpha value is -1.36. The van der Waals surface area contributed by atoms with Crippen molar-refractivity contribution in [2.45, 2.75) is 95.9 Å². The van der Waals surface area contributed by atoms with Crippen LogP contribution in [0.2, 0.25) is 0 Å². The molecule has 5 aliphatic rings. The number of hydrogen-bond donors (Lipinski definition) is 1. The standard InChI is InChI=1S/C24H34O5/c1-14(2)12-18(25)28-19-15(3)16-6-11-24-22(19,13-16)10-7-17-21(4,20(26)27)8-5-9-23(17,24)29-24/h14,16-17,19H,3,5-13H2,1-2,4H3,(H,26,27)/t16-,17-,19+,21-,22+,23-,24-/m1/s1. The normalized spacial score (nSPS) is 49.8. The van der Waals surface area contributed by atoms with Crippen LogP contribution in [-0.2, 0) is 19.1 Å². The zero-order valence-electron chi connectivity index (χ0n) is 18.0. The average molecular weight is 403 g/mol. The molecule has 0 unspecified atom stereocenters. The molecule has 0 amide bonds. The second-order valence-electron chi connectivity index (χ2n) is 11.1. The van der Waals surface area contributed by atoms with E-state index < -0.39 is 11.4 Å². The lowest BCUT2D eigenvalue weighted by atomic mass is 9.46. The molecule has 2 bridgehead atoms. The Labute approximate surface area is 173 Å². The molecule has 0 aromatic rings. The second-order valence-corrected chi connectivity index (χ2v) is 11.1. The summed E-state index contributed by atoms with van der Waals surface area (Å²) in [6, 6.07) is 0. The van der Waals surface area contributed by atoms with Gasteiger partial charge in [-0.05, 0) is 75.7 Å². The van der Waals surface area contributed by atoms with E-state index in [4.69, 9.17) is 9.47 Å². The molecule has 7 atom stereocenters. The van der Waals surface area contributed by atoms with Gasteiger partial charge in [-0.3, -0.25) is 9.59 Å². The van der Waals surface area contributed by atoms with Gasteiger partial charge in [-0.2, -0.15) is 0 Å². The molecular weight excluding hydrogens is 368 g/mol. The maximum Gasteiger partial charge on any atom is 0.309 e. The number of carboxylic acids is 1. The molecule has 160 valence electrons. The van der Waals surface area contributed by atoms with Crippen molar-refractivity contribution in [1.29, 1.82) is 0 Å². The molecule has 3 spiro atoms. The van der Waals surface area contributed by atoms with Crippen molar-refractivity contribution in [3.05, 3.63) is 12.2 Å². The summed E-state index contributed by atoms with van der Waals surface area (Å²) >= 11 is 0. The van der Waals surface area contributed by atoms with Gasteiger partial charge in [0.05, 0.1) is 5.41 Å². The van der Waals surface area contributed by atoms with Crippen LogP contribution in [0.4, 0.5) is 0 Å². The Morgan fingerprint density at radius 2 is 2.00 bits per heavy atom. The predicted molar refractivity (Wildman–Crippen MR) is 107 cm³/mol. The third kappa shape index (κ3) is 2.21. The molecule has 5 heteroatoms. The molecule has 1 heterocycles. The maximum atomic E-state index is 12.6. The Bertz CT molecular complexity index is 788. The van der Waals surface area contributed by atoms with Crippen molar-refractivity contribution < 1.29 is 24.2 Å². The zero-order valence-corrected chi connectivity index (χ0v) is 18.0. The summed E-state index contributed by atoms with van der Waals surface area (Å²) in [5, 5.41) is 10.1. The Morgan fingerprint density at radius 1 is 1.24 bits per heavy atom. The van der Waals surface area contributed by atoms with E-state index in [9.17, 15) is 14.7 Å². The van der Waals surface area contributed by atoms with Gasteiger partial charge < -0.3 is 14.6 Å². The molecule has 5 nitrogen and oxygen atoms in total. The quantitative estimate of drug-likeness (QED) is 0.426. The number of carbonyl (C=O) groups is 2. The number of carboxylic acid groups (broad SMARTS) is 1. The van der Waals surface area contributed by atoms with E-state index >= 15 is 0 Å². The number of hydrogen-bond acceptors (Lipinski definition) is 4. The van der Waals surface area contributed by atoms with Crippen molar-refractivity contribution in [2.75, 3.05) is 0 Å². The Morgan fingerprint density at radius 3 is 2.69 bits per heavy atom. The smallest absolute Gasteiger partial charge is 0.309 e. The third-order valence-corrected chi connectivity index (χ3v) is 9.39. The minimum atomic E-state index is -0.723. The van der Waals surface area contributed by atoms with E-state index in [1.54, 1.807) is 0 Å². The SMILES string of the molecule is C=C1[C@@H]2CC[C@]34O[C@@]35CCC[C@@](C)(C(=O)O)[C@H]5CC[C@]4(C2)[C@H]1OC(=O)CC(C)C. The number of fused-ring (bicyclic) bond motifs is 1. The molecule has 1 saturated heterocycles. The van der Waals surface area contributed by atoms with Gasteiger partial charge in [-0.15, -0.1) is 0 Å². The lowest BCUT2D eigenvalue weighted by Crippen LogP contribution is -2.61. The van der Waals surface area contributed by atoms with Gasteiger partial charge in [0, 0.05) is 17.8 Å². The highest BCUT2D eigenvalue weighted by atomic mass is 16.6. The molecule has 0 radical (unpaired) electrons. The first kappa shape index (κ1) is 19.6. The fourth-order valence-electron chi connectivity index (χ4n) is 8.14. The van der Waals surface area contributed by atoms with Crippen LogP contribution in [0.5, 0.6) is 0 Å². The van der Waals surface area contributed by atoms with Crippen LogP contribution < -0.4 is 0 Å². The van der Waals surface area contributed by atoms with Gasteiger partial charge in [0.15, 0.2) is 0 Å². The first-order valence-corrected chi connectivity index (χ1v) is 11.4.